The van der Waals surface area contributed by atoms with E-state index in [-0.39, 0.29) is 11.3 Å². The summed E-state index contributed by atoms with van der Waals surface area (Å²) in [5, 5.41) is 0. The SMILES string of the molecule is CC(=O)N1Cc2cnc(C)nc2C2(CCN(S(C)(=O)=O)CC2)C1. The van der Waals surface area contributed by atoms with Gasteiger partial charge in [-0.1, -0.05) is 0 Å². The number of carbonyl (C=O) groups excluding carboxylic acids is 1. The lowest BCUT2D eigenvalue weighted by molar-refractivity contribution is -0.131. The Labute approximate surface area is 136 Å². The molecule has 0 bridgehead atoms. The molecule has 126 valence electrons. The Kier molecular flexibility index (Phi) is 3.92. The molecule has 3 heterocycles. The van der Waals surface area contributed by atoms with Crippen molar-refractivity contribution in [1.82, 2.24) is 19.2 Å². The number of nitrogens with zero attached hydrogens (tertiary/aromatic N) is 4. The van der Waals surface area contributed by atoms with Crippen molar-refractivity contribution in [2.24, 2.45) is 0 Å². The number of aryl methyl sites for hydroxylation is 1. The number of piperidine rings is 1. The van der Waals surface area contributed by atoms with Crippen molar-refractivity contribution in [2.45, 2.75) is 38.6 Å². The molecule has 7 nitrogen and oxygen atoms in total. The summed E-state index contributed by atoms with van der Waals surface area (Å²) in [5.41, 5.74) is 1.70. The number of aromatic nitrogens is 2. The Morgan fingerprint density at radius 3 is 2.52 bits per heavy atom. The third-order valence-corrected chi connectivity index (χ3v) is 6.24. The molecule has 23 heavy (non-hydrogen) atoms. The minimum Gasteiger partial charge on any atom is -0.338 e. The second-order valence-electron chi connectivity index (χ2n) is 6.61. The van der Waals surface area contributed by atoms with E-state index in [0.29, 0.717) is 44.8 Å². The highest BCUT2D eigenvalue weighted by Crippen LogP contribution is 2.41. The Balaban J connectivity index is 1.98. The first-order valence-electron chi connectivity index (χ1n) is 7.75. The van der Waals surface area contributed by atoms with E-state index in [0.717, 1.165) is 11.3 Å². The summed E-state index contributed by atoms with van der Waals surface area (Å²) in [6.07, 6.45) is 4.39. The van der Waals surface area contributed by atoms with E-state index in [4.69, 9.17) is 0 Å². The average molecular weight is 338 g/mol. The maximum absolute atomic E-state index is 11.9. The van der Waals surface area contributed by atoms with Crippen LogP contribution in [0, 0.1) is 6.92 Å². The van der Waals surface area contributed by atoms with Crippen molar-refractivity contribution < 1.29 is 13.2 Å². The van der Waals surface area contributed by atoms with Crippen LogP contribution < -0.4 is 0 Å². The van der Waals surface area contributed by atoms with E-state index in [9.17, 15) is 13.2 Å². The molecule has 0 aliphatic carbocycles. The number of fused-ring (bicyclic) bond motifs is 2. The Bertz CT molecular complexity index is 739. The lowest BCUT2D eigenvalue weighted by atomic mass is 9.72. The summed E-state index contributed by atoms with van der Waals surface area (Å²) in [6.45, 7) is 5.49. The van der Waals surface area contributed by atoms with Crippen LogP contribution in [0.4, 0.5) is 0 Å². The van der Waals surface area contributed by atoms with Crippen LogP contribution >= 0.6 is 0 Å². The van der Waals surface area contributed by atoms with E-state index in [2.05, 4.69) is 9.97 Å². The Morgan fingerprint density at radius 1 is 1.30 bits per heavy atom. The molecule has 0 unspecified atom stereocenters. The molecule has 2 aliphatic heterocycles. The molecule has 1 aromatic heterocycles. The minimum atomic E-state index is -3.18. The summed E-state index contributed by atoms with van der Waals surface area (Å²) in [4.78, 5) is 22.6. The molecule has 0 radical (unpaired) electrons. The van der Waals surface area contributed by atoms with E-state index in [1.165, 1.54) is 10.6 Å². The number of sulfonamides is 1. The monoisotopic (exact) mass is 338 g/mol. The number of hydrogen-bond acceptors (Lipinski definition) is 5. The predicted octanol–water partition coefficient (Wildman–Crippen LogP) is 0.440. The molecular formula is C15H22N4O3S. The topological polar surface area (TPSA) is 83.5 Å². The second-order valence-corrected chi connectivity index (χ2v) is 8.59. The first kappa shape index (κ1) is 16.3. The summed E-state index contributed by atoms with van der Waals surface area (Å²) in [5.74, 6) is 0.742. The molecule has 0 aromatic carbocycles. The van der Waals surface area contributed by atoms with Crippen LogP contribution in [0.25, 0.3) is 0 Å². The zero-order chi connectivity index (χ0) is 16.8. The van der Waals surface area contributed by atoms with Gasteiger partial charge in [0.25, 0.3) is 0 Å². The van der Waals surface area contributed by atoms with Gasteiger partial charge in [-0.3, -0.25) is 4.79 Å². The minimum absolute atomic E-state index is 0.0288. The normalized spacial score (nSPS) is 21.3. The van der Waals surface area contributed by atoms with Gasteiger partial charge in [0.2, 0.25) is 15.9 Å². The quantitative estimate of drug-likeness (QED) is 0.742. The van der Waals surface area contributed by atoms with E-state index < -0.39 is 10.0 Å². The van der Waals surface area contributed by atoms with Gasteiger partial charge < -0.3 is 4.90 Å². The summed E-state index contributed by atoms with van der Waals surface area (Å²) < 4.78 is 25.0. The Hall–Kier alpha value is -1.54. The average Bonchev–Trinajstić information content (AvgIpc) is 2.47. The van der Waals surface area contributed by atoms with Gasteiger partial charge in [0.15, 0.2) is 0 Å². The van der Waals surface area contributed by atoms with Gasteiger partial charge in [0.1, 0.15) is 5.82 Å². The van der Waals surface area contributed by atoms with Crippen molar-refractivity contribution in [3.8, 4) is 0 Å². The molecule has 1 spiro atoms. The van der Waals surface area contributed by atoms with Crippen molar-refractivity contribution in [1.29, 1.82) is 0 Å². The van der Waals surface area contributed by atoms with Gasteiger partial charge in [-0.05, 0) is 19.8 Å². The molecule has 1 aromatic rings. The highest BCUT2D eigenvalue weighted by molar-refractivity contribution is 7.88. The lowest BCUT2D eigenvalue weighted by Crippen LogP contribution is -2.54. The highest BCUT2D eigenvalue weighted by Gasteiger charge is 2.45. The summed E-state index contributed by atoms with van der Waals surface area (Å²) in [7, 11) is -3.18. The van der Waals surface area contributed by atoms with Crippen molar-refractivity contribution in [3.05, 3.63) is 23.3 Å². The molecule has 1 saturated heterocycles. The van der Waals surface area contributed by atoms with Crippen LogP contribution in [0.2, 0.25) is 0 Å². The highest BCUT2D eigenvalue weighted by atomic mass is 32.2. The first-order valence-corrected chi connectivity index (χ1v) is 9.60. The van der Waals surface area contributed by atoms with E-state index in [1.807, 2.05) is 11.8 Å². The summed E-state index contributed by atoms with van der Waals surface area (Å²) >= 11 is 0. The zero-order valence-corrected chi connectivity index (χ0v) is 14.6. The summed E-state index contributed by atoms with van der Waals surface area (Å²) in [6, 6.07) is 0. The largest absolute Gasteiger partial charge is 0.338 e. The van der Waals surface area contributed by atoms with Gasteiger partial charge in [-0.2, -0.15) is 0 Å². The molecule has 1 amide bonds. The van der Waals surface area contributed by atoms with E-state index in [1.54, 1.807) is 13.1 Å². The van der Waals surface area contributed by atoms with Crippen LogP contribution in [0.3, 0.4) is 0 Å². The fourth-order valence-electron chi connectivity index (χ4n) is 3.64. The zero-order valence-electron chi connectivity index (χ0n) is 13.7. The first-order chi connectivity index (χ1) is 10.7. The maximum Gasteiger partial charge on any atom is 0.219 e. The van der Waals surface area contributed by atoms with Crippen LogP contribution in [-0.4, -0.2) is 59.4 Å². The molecule has 8 heteroatoms. The van der Waals surface area contributed by atoms with Crippen molar-refractivity contribution in [2.75, 3.05) is 25.9 Å². The molecule has 3 rings (SSSR count). The van der Waals surface area contributed by atoms with Gasteiger partial charge in [-0.15, -0.1) is 0 Å². The molecular weight excluding hydrogens is 316 g/mol. The van der Waals surface area contributed by atoms with Gasteiger partial charge >= 0.3 is 0 Å². The predicted molar refractivity (Wildman–Crippen MR) is 85.2 cm³/mol. The second kappa shape index (κ2) is 5.52. The number of hydrogen-bond donors (Lipinski definition) is 0. The number of carbonyl (C=O) groups is 1. The third-order valence-electron chi connectivity index (χ3n) is 4.94. The Morgan fingerprint density at radius 2 is 1.96 bits per heavy atom. The fraction of sp³-hybridized carbons (Fsp3) is 0.667. The third kappa shape index (κ3) is 2.97. The fourth-order valence-corrected chi connectivity index (χ4v) is 4.48. The van der Waals surface area contributed by atoms with Crippen LogP contribution in [0.1, 0.15) is 36.8 Å². The maximum atomic E-state index is 11.9. The number of rotatable bonds is 1. The van der Waals surface area contributed by atoms with Crippen molar-refractivity contribution >= 4 is 15.9 Å². The van der Waals surface area contributed by atoms with Crippen LogP contribution in [0.15, 0.2) is 6.20 Å². The lowest BCUT2D eigenvalue weighted by Gasteiger charge is -2.47. The van der Waals surface area contributed by atoms with Crippen LogP contribution in [-0.2, 0) is 26.8 Å². The molecule has 0 N–H and O–H groups in total. The van der Waals surface area contributed by atoms with Gasteiger partial charge in [0, 0.05) is 50.3 Å². The molecule has 2 aliphatic rings. The number of amides is 1. The molecule has 1 fully saturated rings. The molecule has 0 saturated carbocycles. The van der Waals surface area contributed by atoms with E-state index >= 15 is 0 Å². The smallest absolute Gasteiger partial charge is 0.219 e. The standard InChI is InChI=1S/C15H22N4O3S/c1-11-16-8-13-9-18(12(2)20)10-15(14(13)17-11)4-6-19(7-5-15)23(3,21)22/h8H,4-7,9-10H2,1-3H3. The van der Waals surface area contributed by atoms with Crippen LogP contribution in [0.5, 0.6) is 0 Å². The molecule has 0 atom stereocenters. The van der Waals surface area contributed by atoms with Crippen molar-refractivity contribution in [3.63, 3.8) is 0 Å². The van der Waals surface area contributed by atoms with Gasteiger partial charge in [0.05, 0.1) is 11.9 Å². The van der Waals surface area contributed by atoms with Gasteiger partial charge in [-0.25, -0.2) is 22.7 Å².